The molecule has 28 heavy (non-hydrogen) atoms. The van der Waals surface area contributed by atoms with Crippen LogP contribution in [-0.4, -0.2) is 37.9 Å². The maximum Gasteiger partial charge on any atom is 0.336 e. The molecule has 2 N–H and O–H groups in total. The maximum atomic E-state index is 11.9. The smallest absolute Gasteiger partial charge is 0.336 e. The van der Waals surface area contributed by atoms with Crippen molar-refractivity contribution in [1.29, 1.82) is 0 Å². The monoisotopic (exact) mass is 381 g/mol. The molecule has 0 unspecified atom stereocenters. The van der Waals surface area contributed by atoms with Gasteiger partial charge in [0.25, 0.3) is 0 Å². The summed E-state index contributed by atoms with van der Waals surface area (Å²) in [5, 5.41) is 10.5. The van der Waals surface area contributed by atoms with Gasteiger partial charge >= 0.3 is 5.63 Å². The lowest BCUT2D eigenvalue weighted by Gasteiger charge is -2.34. The quantitative estimate of drug-likeness (QED) is 0.660. The van der Waals surface area contributed by atoms with Gasteiger partial charge in [0.05, 0.1) is 38.5 Å². The van der Waals surface area contributed by atoms with Crippen LogP contribution >= 0.6 is 0 Å². The summed E-state index contributed by atoms with van der Waals surface area (Å²) in [4.78, 5) is 15.7. The first-order valence-electron chi connectivity index (χ1n) is 9.70. The Bertz CT molecular complexity index is 1020. The molecule has 6 nitrogen and oxygen atoms in total. The number of nitrogens with zero attached hydrogens (tertiary/aromatic N) is 1. The zero-order valence-electron chi connectivity index (χ0n) is 16.0. The predicted octanol–water partition coefficient (Wildman–Crippen LogP) is 1.80. The highest BCUT2D eigenvalue weighted by atomic mass is 16.5. The van der Waals surface area contributed by atoms with Gasteiger partial charge < -0.3 is 24.1 Å². The van der Waals surface area contributed by atoms with Crippen LogP contribution in [0.3, 0.4) is 0 Å². The largest absolute Gasteiger partial charge is 0.508 e. The molecular weight excluding hydrogens is 356 g/mol. The summed E-state index contributed by atoms with van der Waals surface area (Å²) >= 11 is 0. The molecule has 0 bridgehead atoms. The van der Waals surface area contributed by atoms with Crippen molar-refractivity contribution in [3.8, 4) is 11.5 Å². The van der Waals surface area contributed by atoms with E-state index in [1.54, 1.807) is 12.1 Å². The van der Waals surface area contributed by atoms with E-state index < -0.39 is 0 Å². The number of quaternary nitrogens is 1. The summed E-state index contributed by atoms with van der Waals surface area (Å²) in [6.45, 7) is 7.22. The third-order valence-corrected chi connectivity index (χ3v) is 5.23. The molecule has 146 valence electrons. The van der Waals surface area contributed by atoms with E-state index in [1.165, 1.54) is 11.0 Å². The average Bonchev–Trinajstić information content (AvgIpc) is 2.69. The number of nitrogens with one attached hydrogen (secondary N) is 1. The lowest BCUT2D eigenvalue weighted by atomic mass is 10.1. The number of fused-ring (bicyclic) bond motifs is 1. The topological polar surface area (TPSA) is 67.4 Å². The highest BCUT2D eigenvalue weighted by Gasteiger charge is 2.23. The van der Waals surface area contributed by atoms with E-state index in [4.69, 9.17) is 9.15 Å². The van der Waals surface area contributed by atoms with E-state index in [9.17, 15) is 9.90 Å². The van der Waals surface area contributed by atoms with E-state index in [-0.39, 0.29) is 11.4 Å². The minimum Gasteiger partial charge on any atom is -0.508 e. The molecule has 1 aliphatic rings. The van der Waals surface area contributed by atoms with Gasteiger partial charge in [0, 0.05) is 23.1 Å². The molecule has 1 fully saturated rings. The number of hydrogen-bond donors (Lipinski definition) is 2. The van der Waals surface area contributed by atoms with Crippen LogP contribution < -0.4 is 20.2 Å². The summed E-state index contributed by atoms with van der Waals surface area (Å²) < 4.78 is 11.0. The molecule has 3 aromatic rings. The van der Waals surface area contributed by atoms with Crippen molar-refractivity contribution < 1.29 is 19.2 Å². The van der Waals surface area contributed by atoms with Gasteiger partial charge in [-0.05, 0) is 31.2 Å². The number of hydrogen-bond acceptors (Lipinski definition) is 5. The number of piperazine rings is 1. The average molecular weight is 381 g/mol. The summed E-state index contributed by atoms with van der Waals surface area (Å²) in [7, 11) is 0. The molecular formula is C22H25N2O4+. The third kappa shape index (κ3) is 3.82. The molecule has 2 aromatic carbocycles. The molecule has 0 saturated carbocycles. The van der Waals surface area contributed by atoms with Crippen molar-refractivity contribution in [2.75, 3.05) is 37.7 Å². The van der Waals surface area contributed by atoms with Gasteiger partial charge in [-0.15, -0.1) is 0 Å². The zero-order valence-corrected chi connectivity index (χ0v) is 16.0. The number of rotatable bonds is 5. The second-order valence-electron chi connectivity index (χ2n) is 7.09. The normalized spacial score (nSPS) is 15.1. The summed E-state index contributed by atoms with van der Waals surface area (Å²) in [5.41, 5.74) is 2.16. The Morgan fingerprint density at radius 3 is 2.71 bits per heavy atom. The van der Waals surface area contributed by atoms with Crippen molar-refractivity contribution in [3.63, 3.8) is 0 Å². The lowest BCUT2D eigenvalue weighted by molar-refractivity contribution is -0.914. The Morgan fingerprint density at radius 1 is 1.14 bits per heavy atom. The first kappa shape index (κ1) is 18.4. The van der Waals surface area contributed by atoms with Crippen LogP contribution in [0.1, 0.15) is 12.5 Å². The number of aromatic hydroxyl groups is 1. The van der Waals surface area contributed by atoms with E-state index >= 15 is 0 Å². The standard InChI is InChI=1S/C22H24N2O4/c1-2-27-20-6-4-3-5-19(20)24-11-9-23(10-12-24)15-16-13-22(26)28-21-14-17(25)7-8-18(16)21/h3-8,13-14,25H,2,9-12,15H2,1H3/p+1. The molecule has 4 rings (SSSR count). The highest BCUT2D eigenvalue weighted by Crippen LogP contribution is 2.28. The Kier molecular flexibility index (Phi) is 5.21. The minimum absolute atomic E-state index is 0.0988. The number of benzene rings is 2. The molecule has 0 radical (unpaired) electrons. The first-order chi connectivity index (χ1) is 13.6. The minimum atomic E-state index is -0.378. The van der Waals surface area contributed by atoms with Crippen molar-refractivity contribution >= 4 is 16.7 Å². The summed E-state index contributed by atoms with van der Waals surface area (Å²) in [6, 6.07) is 14.7. The molecule has 1 aromatic heterocycles. The van der Waals surface area contributed by atoms with Crippen LogP contribution in [0.4, 0.5) is 5.69 Å². The van der Waals surface area contributed by atoms with Crippen LogP contribution in [0, 0.1) is 0 Å². The Morgan fingerprint density at radius 2 is 1.93 bits per heavy atom. The number of ether oxygens (including phenoxy) is 1. The van der Waals surface area contributed by atoms with E-state index in [1.807, 2.05) is 31.2 Å². The third-order valence-electron chi connectivity index (χ3n) is 5.23. The number of para-hydroxylation sites is 2. The van der Waals surface area contributed by atoms with Crippen molar-refractivity contribution in [3.05, 3.63) is 64.5 Å². The number of anilines is 1. The number of phenols is 1. The molecule has 0 spiro atoms. The fraction of sp³-hybridized carbons (Fsp3) is 0.318. The van der Waals surface area contributed by atoms with E-state index in [0.29, 0.717) is 12.2 Å². The van der Waals surface area contributed by atoms with Gasteiger partial charge in [-0.1, -0.05) is 12.1 Å². The zero-order chi connectivity index (χ0) is 19.5. The summed E-state index contributed by atoms with van der Waals surface area (Å²) in [6.07, 6.45) is 0. The van der Waals surface area contributed by atoms with Gasteiger partial charge in [0.15, 0.2) is 0 Å². The molecule has 0 atom stereocenters. The van der Waals surface area contributed by atoms with E-state index in [0.717, 1.165) is 55.1 Å². The first-order valence-corrected chi connectivity index (χ1v) is 9.70. The fourth-order valence-corrected chi connectivity index (χ4v) is 3.87. The molecule has 2 heterocycles. The van der Waals surface area contributed by atoms with Crippen LogP contribution in [0.2, 0.25) is 0 Å². The fourth-order valence-electron chi connectivity index (χ4n) is 3.87. The lowest BCUT2D eigenvalue weighted by Crippen LogP contribution is -3.13. The molecule has 6 heteroatoms. The predicted molar refractivity (Wildman–Crippen MR) is 108 cm³/mol. The van der Waals surface area contributed by atoms with Gasteiger partial charge in [0.2, 0.25) is 0 Å². The van der Waals surface area contributed by atoms with Gasteiger partial charge in [-0.2, -0.15) is 0 Å². The van der Waals surface area contributed by atoms with Crippen molar-refractivity contribution in [2.24, 2.45) is 0 Å². The maximum absolute atomic E-state index is 11.9. The Hall–Kier alpha value is -2.99. The molecule has 0 amide bonds. The van der Waals surface area contributed by atoms with Gasteiger partial charge in [-0.3, -0.25) is 0 Å². The molecule has 1 aliphatic heterocycles. The second kappa shape index (κ2) is 7.94. The van der Waals surface area contributed by atoms with Crippen LogP contribution in [0.15, 0.2) is 57.7 Å². The highest BCUT2D eigenvalue weighted by molar-refractivity contribution is 5.81. The SMILES string of the molecule is CCOc1ccccc1N1CC[NH+](Cc2cc(=O)oc3cc(O)ccc23)CC1. The molecule has 0 aliphatic carbocycles. The van der Waals surface area contributed by atoms with Gasteiger partial charge in [0.1, 0.15) is 23.6 Å². The van der Waals surface area contributed by atoms with E-state index in [2.05, 4.69) is 11.0 Å². The van der Waals surface area contributed by atoms with Crippen LogP contribution in [0.5, 0.6) is 11.5 Å². The van der Waals surface area contributed by atoms with Crippen LogP contribution in [-0.2, 0) is 6.54 Å². The number of phenolic OH excluding ortho intramolecular Hbond substituents is 1. The van der Waals surface area contributed by atoms with Crippen molar-refractivity contribution in [1.82, 2.24) is 0 Å². The summed E-state index contributed by atoms with van der Waals surface area (Å²) in [5.74, 6) is 1.03. The van der Waals surface area contributed by atoms with Crippen molar-refractivity contribution in [2.45, 2.75) is 13.5 Å². The second-order valence-corrected chi connectivity index (χ2v) is 7.09. The Balaban J connectivity index is 1.48. The van der Waals surface area contributed by atoms with Crippen LogP contribution in [0.25, 0.3) is 11.0 Å². The van der Waals surface area contributed by atoms with Gasteiger partial charge in [-0.25, -0.2) is 4.79 Å². The molecule has 1 saturated heterocycles. The Labute approximate surface area is 163 Å².